The summed E-state index contributed by atoms with van der Waals surface area (Å²) in [6.07, 6.45) is 17.4. The zero-order valence-corrected chi connectivity index (χ0v) is 69.0. The number of benzene rings is 6. The number of primary amides is 1. The van der Waals surface area contributed by atoms with Crippen molar-refractivity contribution in [3.63, 3.8) is 0 Å². The lowest BCUT2D eigenvalue weighted by atomic mass is 9.88. The van der Waals surface area contributed by atoms with Gasteiger partial charge in [-0.2, -0.15) is 11.3 Å². The average molecular weight is 1380 g/mol. The van der Waals surface area contributed by atoms with Gasteiger partial charge in [-0.3, -0.25) is 9.78 Å². The molecule has 0 unspecified atom stereocenters. The van der Waals surface area contributed by atoms with Crippen LogP contribution in [0.2, 0.25) is 0 Å². The van der Waals surface area contributed by atoms with E-state index in [4.69, 9.17) is 10.2 Å². The van der Waals surface area contributed by atoms with Crippen LogP contribution in [-0.4, -0.2) is 10.9 Å². The van der Waals surface area contributed by atoms with Gasteiger partial charge >= 0.3 is 0 Å². The number of furan rings is 1. The quantitative estimate of drug-likeness (QED) is 0.118. The summed E-state index contributed by atoms with van der Waals surface area (Å²) < 4.78 is 4.94. The molecule has 0 aliphatic carbocycles. The van der Waals surface area contributed by atoms with Crippen molar-refractivity contribution in [3.05, 3.63) is 290 Å². The van der Waals surface area contributed by atoms with Gasteiger partial charge < -0.3 is 10.2 Å². The number of nitrogens with two attached hydrogens (primary N) is 1. The SMILES string of the molecule is CC(C)(C)CCc1ccccc1.CC(C)(C)Cc1ccccc1.CC(C)(C)c1cccnc1.CC(C)(C)c1ccoc1.CC(C)c1ccc(C(N)=O)cc1.CC(C)c1ccccc1.CC(C)c1ccsc1.CCCCC(C)C.Cc1ccc(CC(C)C)cc1.Cc1ccc(CC(C)C)cc1. The lowest BCUT2D eigenvalue weighted by Gasteiger charge is -2.17. The highest BCUT2D eigenvalue weighted by atomic mass is 32.1. The third-order valence-electron chi connectivity index (χ3n) is 15.7. The van der Waals surface area contributed by atoms with Crippen molar-refractivity contribution in [2.75, 3.05) is 0 Å². The first kappa shape index (κ1) is 92.9. The van der Waals surface area contributed by atoms with Gasteiger partial charge in [0.25, 0.3) is 0 Å². The van der Waals surface area contributed by atoms with Gasteiger partial charge in [-0.15, -0.1) is 0 Å². The Bertz CT molecular complexity index is 3250. The van der Waals surface area contributed by atoms with Gasteiger partial charge in [-0.05, 0) is 194 Å². The van der Waals surface area contributed by atoms with Gasteiger partial charge in [-0.1, -0.05) is 361 Å². The van der Waals surface area contributed by atoms with Gasteiger partial charge in [0.15, 0.2) is 0 Å². The molecule has 0 saturated heterocycles. The first-order valence-electron chi connectivity index (χ1n) is 37.3. The molecular weight excluding hydrogens is 1230 g/mol. The van der Waals surface area contributed by atoms with E-state index in [1.165, 1.54) is 106 Å². The highest BCUT2D eigenvalue weighted by Gasteiger charge is 2.15. The van der Waals surface area contributed by atoms with Crippen LogP contribution >= 0.6 is 11.3 Å². The highest BCUT2D eigenvalue weighted by molar-refractivity contribution is 7.08. The second-order valence-electron chi connectivity index (χ2n) is 33.1. The fourth-order valence-corrected chi connectivity index (χ4v) is 10.2. The van der Waals surface area contributed by atoms with E-state index < -0.39 is 0 Å². The molecule has 0 bridgehead atoms. The Morgan fingerprint density at radius 3 is 1.18 bits per heavy atom. The van der Waals surface area contributed by atoms with Crippen LogP contribution in [0.3, 0.4) is 0 Å². The molecular formula is C95H142N2O2S. The monoisotopic (exact) mass is 1380 g/mol. The summed E-state index contributed by atoms with van der Waals surface area (Å²) >= 11 is 1.77. The molecule has 6 aromatic carbocycles. The van der Waals surface area contributed by atoms with Gasteiger partial charge in [-0.25, -0.2) is 0 Å². The Hall–Kier alpha value is -7.08. The number of amides is 1. The molecule has 3 aromatic heterocycles. The van der Waals surface area contributed by atoms with Crippen LogP contribution in [0.25, 0.3) is 0 Å². The first-order chi connectivity index (χ1) is 46.7. The fraction of sp³-hybridized carbons (Fsp3) is 0.474. The number of thiophene rings is 1. The number of carbonyl (C=O) groups excluding carboxylic acids is 1. The van der Waals surface area contributed by atoms with Crippen LogP contribution in [0.5, 0.6) is 0 Å². The van der Waals surface area contributed by atoms with Crippen molar-refractivity contribution in [2.45, 2.75) is 267 Å². The minimum Gasteiger partial charge on any atom is -0.472 e. The summed E-state index contributed by atoms with van der Waals surface area (Å²) in [6, 6.07) is 65.1. The number of carbonyl (C=O) groups is 1. The maximum atomic E-state index is 10.7. The molecule has 3 heterocycles. The second kappa shape index (κ2) is 51.1. The smallest absolute Gasteiger partial charge is 0.248 e. The molecule has 550 valence electrons. The van der Waals surface area contributed by atoms with E-state index in [2.05, 4.69) is 348 Å². The van der Waals surface area contributed by atoms with E-state index in [0.717, 1.165) is 24.2 Å². The molecule has 2 N–H and O–H groups in total. The van der Waals surface area contributed by atoms with Crippen LogP contribution in [0.4, 0.5) is 0 Å². The first-order valence-corrected chi connectivity index (χ1v) is 38.3. The molecule has 9 aromatic rings. The minimum absolute atomic E-state index is 0.229. The van der Waals surface area contributed by atoms with Crippen molar-refractivity contribution in [2.24, 2.45) is 34.3 Å². The number of unbranched alkanes of at least 4 members (excludes halogenated alkanes) is 1. The van der Waals surface area contributed by atoms with Crippen molar-refractivity contribution in [1.82, 2.24) is 4.98 Å². The zero-order chi connectivity index (χ0) is 75.9. The molecule has 5 heteroatoms. The molecule has 0 aliphatic rings. The molecule has 100 heavy (non-hydrogen) atoms. The zero-order valence-electron chi connectivity index (χ0n) is 68.2. The third-order valence-corrected chi connectivity index (χ3v) is 16.4. The summed E-state index contributed by atoms with van der Waals surface area (Å²) in [5, 5.41) is 4.32. The molecule has 0 atom stereocenters. The summed E-state index contributed by atoms with van der Waals surface area (Å²) in [4.78, 5) is 14.8. The molecule has 1 amide bonds. The number of aromatic nitrogens is 1. The molecule has 0 saturated carbocycles. The normalized spacial score (nSPS) is 10.9. The lowest BCUT2D eigenvalue weighted by molar-refractivity contribution is 0.1000. The van der Waals surface area contributed by atoms with E-state index in [0.29, 0.717) is 34.1 Å². The highest BCUT2D eigenvalue weighted by Crippen LogP contribution is 2.24. The maximum Gasteiger partial charge on any atom is 0.248 e. The average Bonchev–Trinajstić information content (AvgIpc) is 1.30. The number of pyridine rings is 1. The second-order valence-corrected chi connectivity index (χ2v) is 33.9. The molecule has 0 spiro atoms. The predicted molar refractivity (Wildman–Crippen MR) is 446 cm³/mol. The summed E-state index contributed by atoms with van der Waals surface area (Å²) in [7, 11) is 0. The molecule has 9 rings (SSSR count). The standard InChI is InChI=1S/C12H18.3C11H16.C10H13NO.C9H13N.C9H12.C8H12O.C7H10S.C7H16/c1-12(2,3)10-9-11-7-5-4-6-8-11;2*1-9(2)8-11-6-4-10(3)5-7-11;1-11(2,3)9-10-7-5-4-6-8-10;1-7(2)8-3-5-9(6-4-8)10(11)12;1-9(2,3)8-5-4-6-10-7-8;1-8(2)9-6-4-3-5-7-9;1-8(2,3)7-4-5-9-6-7;1-6(2)7-3-4-8-5-7;1-4-5-6-7(2)3/h4-8H,9-10H2,1-3H3;2*4-7,9H,8H2,1-3H3;4-8H,9H2,1-3H3;3-7H,1-2H3,(H2,11,12);4-7H,1-3H3;3-8H,1-2H3;4-6H,1-3H3;3-6H,1-2H3;7H,4-6H2,1-3H3. The largest absolute Gasteiger partial charge is 0.472 e. The Morgan fingerprint density at radius 2 is 0.900 bits per heavy atom. The molecule has 0 fully saturated rings. The summed E-state index contributed by atoms with van der Waals surface area (Å²) in [6.45, 7) is 59.8. The molecule has 0 aliphatic heterocycles. The summed E-state index contributed by atoms with van der Waals surface area (Å²) in [5.41, 5.74) is 22.1. The van der Waals surface area contributed by atoms with Crippen LogP contribution in [-0.2, 0) is 36.5 Å². The van der Waals surface area contributed by atoms with Crippen molar-refractivity contribution >= 4 is 17.2 Å². The van der Waals surface area contributed by atoms with E-state index in [1.54, 1.807) is 42.2 Å². The van der Waals surface area contributed by atoms with Gasteiger partial charge in [0, 0.05) is 18.0 Å². The van der Waals surface area contributed by atoms with Gasteiger partial charge in [0.2, 0.25) is 5.91 Å². The molecule has 4 nitrogen and oxygen atoms in total. The Kier molecular flexibility index (Phi) is 47.5. The number of nitrogens with zero attached hydrogens (tertiary/aromatic N) is 1. The lowest BCUT2D eigenvalue weighted by Crippen LogP contribution is -2.10. The van der Waals surface area contributed by atoms with Gasteiger partial charge in [0.1, 0.15) is 0 Å². The fourth-order valence-electron chi connectivity index (χ4n) is 9.35. The Morgan fingerprint density at radius 1 is 0.460 bits per heavy atom. The Balaban J connectivity index is 0.00000109. The number of aryl methyl sites for hydroxylation is 3. The van der Waals surface area contributed by atoms with Crippen LogP contribution in [0.1, 0.15) is 288 Å². The van der Waals surface area contributed by atoms with Crippen LogP contribution < -0.4 is 5.73 Å². The van der Waals surface area contributed by atoms with E-state index in [-0.39, 0.29) is 16.7 Å². The van der Waals surface area contributed by atoms with Crippen LogP contribution in [0.15, 0.2) is 228 Å². The molecule has 0 radical (unpaired) electrons. The van der Waals surface area contributed by atoms with Crippen molar-refractivity contribution in [1.29, 1.82) is 0 Å². The predicted octanol–water partition coefficient (Wildman–Crippen LogP) is 28.7. The minimum atomic E-state index is -0.370. The summed E-state index contributed by atoms with van der Waals surface area (Å²) in [5.74, 6) is 3.90. The van der Waals surface area contributed by atoms with Crippen LogP contribution in [0, 0.1) is 42.4 Å². The Labute approximate surface area is 619 Å². The van der Waals surface area contributed by atoms with E-state index >= 15 is 0 Å². The van der Waals surface area contributed by atoms with Crippen molar-refractivity contribution < 1.29 is 9.21 Å². The van der Waals surface area contributed by atoms with Crippen molar-refractivity contribution in [3.8, 4) is 0 Å². The number of rotatable bonds is 14. The third kappa shape index (κ3) is 51.1. The maximum absolute atomic E-state index is 10.7. The van der Waals surface area contributed by atoms with E-state index in [9.17, 15) is 4.79 Å². The van der Waals surface area contributed by atoms with Gasteiger partial charge in [0.05, 0.1) is 12.5 Å². The number of hydrogen-bond donors (Lipinski definition) is 1. The van der Waals surface area contributed by atoms with E-state index in [1.807, 2.05) is 36.5 Å². The topological polar surface area (TPSA) is 69.1 Å². The number of hydrogen-bond acceptors (Lipinski definition) is 4.